The number of rotatable bonds is 10. The number of thioether (sulfide) groups is 1. The van der Waals surface area contributed by atoms with Crippen molar-refractivity contribution in [2.45, 2.75) is 36.1 Å². The van der Waals surface area contributed by atoms with Crippen molar-refractivity contribution in [3.05, 3.63) is 106 Å². The van der Waals surface area contributed by atoms with Gasteiger partial charge in [0.15, 0.2) is 6.61 Å². The van der Waals surface area contributed by atoms with Gasteiger partial charge in [-0.15, -0.1) is 23.1 Å². The van der Waals surface area contributed by atoms with E-state index in [0.717, 1.165) is 33.3 Å². The molecule has 3 heterocycles. The molecule has 3 aromatic carbocycles. The molecule has 0 bridgehead atoms. The van der Waals surface area contributed by atoms with Gasteiger partial charge in [0, 0.05) is 41.5 Å². The first kappa shape index (κ1) is 32.9. The van der Waals surface area contributed by atoms with Crippen LogP contribution in [0, 0.1) is 0 Å². The molecule has 48 heavy (non-hydrogen) atoms. The van der Waals surface area contributed by atoms with E-state index in [1.807, 2.05) is 24.3 Å². The summed E-state index contributed by atoms with van der Waals surface area (Å²) in [4.78, 5) is 69.3. The van der Waals surface area contributed by atoms with Crippen molar-refractivity contribution in [1.82, 2.24) is 4.90 Å². The summed E-state index contributed by atoms with van der Waals surface area (Å²) in [6.07, 6.45) is 0.661. The van der Waals surface area contributed by atoms with E-state index < -0.39 is 29.7 Å². The fourth-order valence-electron chi connectivity index (χ4n) is 5.68. The zero-order valence-electron chi connectivity index (χ0n) is 26.0. The minimum atomic E-state index is -0.763. The number of hydrogen-bond acceptors (Lipinski definition) is 11. The first-order chi connectivity index (χ1) is 23.2. The Kier molecular flexibility index (Phi) is 9.90. The van der Waals surface area contributed by atoms with Crippen LogP contribution >= 0.6 is 23.1 Å². The van der Waals surface area contributed by atoms with Crippen LogP contribution in [-0.2, 0) is 43.4 Å². The number of carbonyl (C=O) groups excluding carboxylic acids is 5. The Morgan fingerprint density at radius 2 is 1.77 bits per heavy atom. The second kappa shape index (κ2) is 14.4. The van der Waals surface area contributed by atoms with Crippen molar-refractivity contribution in [3.8, 4) is 0 Å². The van der Waals surface area contributed by atoms with E-state index in [0.29, 0.717) is 34.9 Å². The average Bonchev–Trinajstić information content (AvgIpc) is 3.58. The Balaban J connectivity index is 1.05. The van der Waals surface area contributed by atoms with E-state index in [-0.39, 0.29) is 23.8 Å². The fraction of sp³-hybridized carbons (Fsp3) is 0.229. The molecule has 1 aromatic heterocycles. The maximum atomic E-state index is 13.1. The molecule has 0 spiro atoms. The molecule has 2 aliphatic rings. The highest BCUT2D eigenvalue weighted by Crippen LogP contribution is 2.38. The molecule has 4 aromatic rings. The van der Waals surface area contributed by atoms with Gasteiger partial charge in [-0.25, -0.2) is 14.5 Å². The lowest BCUT2D eigenvalue weighted by Crippen LogP contribution is -2.31. The number of imide groups is 1. The van der Waals surface area contributed by atoms with Crippen molar-refractivity contribution in [1.29, 1.82) is 0 Å². The molecule has 2 aliphatic heterocycles. The van der Waals surface area contributed by atoms with Crippen molar-refractivity contribution < 1.29 is 33.4 Å². The Labute approximate surface area is 285 Å². The summed E-state index contributed by atoms with van der Waals surface area (Å²) in [6, 6.07) is 23.0. The highest BCUT2D eigenvalue weighted by molar-refractivity contribution is 8.00. The normalized spacial score (nSPS) is 16.0. The van der Waals surface area contributed by atoms with Gasteiger partial charge in [-0.1, -0.05) is 36.4 Å². The molecule has 13 heteroatoms. The Bertz CT molecular complexity index is 1880. The van der Waals surface area contributed by atoms with Gasteiger partial charge in [0.25, 0.3) is 5.91 Å². The Morgan fingerprint density at radius 1 is 1.00 bits per heavy atom. The van der Waals surface area contributed by atoms with Crippen LogP contribution in [0.4, 0.5) is 16.4 Å². The van der Waals surface area contributed by atoms with Crippen molar-refractivity contribution in [3.63, 3.8) is 0 Å². The highest BCUT2D eigenvalue weighted by Gasteiger charge is 2.40. The van der Waals surface area contributed by atoms with E-state index in [4.69, 9.17) is 15.2 Å². The van der Waals surface area contributed by atoms with E-state index in [9.17, 15) is 24.0 Å². The minimum Gasteiger partial charge on any atom is -0.465 e. The van der Waals surface area contributed by atoms with Crippen LogP contribution in [0.25, 0.3) is 0 Å². The Hall–Kier alpha value is -4.98. The molecule has 3 N–H and O–H groups in total. The van der Waals surface area contributed by atoms with E-state index in [2.05, 4.69) is 22.3 Å². The standard InChI is InChI=1S/C35H32N4O7S2/c1-45-35(44)31-26-14-15-38(18-21-6-3-2-4-7-21)19-28(26)48-32(31)37-29(40)20-46-34(43)22-10-12-24(13-11-22)39-30(41)17-27(33(39)42)47-25-9-5-8-23(36)16-25/h2-13,16,27H,14-15,17-20,36H2,1H3,(H,37,40). The average molecular weight is 685 g/mol. The van der Waals surface area contributed by atoms with Crippen LogP contribution < -0.4 is 16.0 Å². The summed E-state index contributed by atoms with van der Waals surface area (Å²) in [7, 11) is 1.30. The third kappa shape index (κ3) is 7.28. The van der Waals surface area contributed by atoms with Crippen LogP contribution in [0.1, 0.15) is 43.1 Å². The maximum absolute atomic E-state index is 13.1. The number of esters is 2. The molecule has 246 valence electrons. The van der Waals surface area contributed by atoms with Gasteiger partial charge in [-0.05, 0) is 60.0 Å². The van der Waals surface area contributed by atoms with Gasteiger partial charge < -0.3 is 20.5 Å². The van der Waals surface area contributed by atoms with Gasteiger partial charge >= 0.3 is 11.9 Å². The van der Waals surface area contributed by atoms with Crippen molar-refractivity contribution in [2.75, 3.05) is 36.2 Å². The number of thiophene rings is 1. The number of benzene rings is 3. The maximum Gasteiger partial charge on any atom is 0.341 e. The van der Waals surface area contributed by atoms with Gasteiger partial charge in [-0.2, -0.15) is 0 Å². The number of ether oxygens (including phenoxy) is 2. The monoisotopic (exact) mass is 684 g/mol. The zero-order chi connectivity index (χ0) is 33.8. The van der Waals surface area contributed by atoms with E-state index >= 15 is 0 Å². The molecule has 0 aliphatic carbocycles. The Morgan fingerprint density at radius 3 is 2.50 bits per heavy atom. The summed E-state index contributed by atoms with van der Waals surface area (Å²) < 4.78 is 10.3. The highest BCUT2D eigenvalue weighted by atomic mass is 32.2. The lowest BCUT2D eigenvalue weighted by atomic mass is 10.0. The summed E-state index contributed by atoms with van der Waals surface area (Å²) in [5.74, 6) is -2.62. The predicted molar refractivity (Wildman–Crippen MR) is 183 cm³/mol. The van der Waals surface area contributed by atoms with Crippen LogP contribution in [0.2, 0.25) is 0 Å². The molecular formula is C35H32N4O7S2. The molecule has 1 fully saturated rings. The van der Waals surface area contributed by atoms with Crippen molar-refractivity contribution >= 4 is 69.1 Å². The molecule has 3 amide bonds. The summed E-state index contributed by atoms with van der Waals surface area (Å²) >= 11 is 2.59. The number of amides is 3. The van der Waals surface area contributed by atoms with Gasteiger partial charge in [0.05, 0.1) is 29.2 Å². The number of fused-ring (bicyclic) bond motifs is 1. The summed E-state index contributed by atoms with van der Waals surface area (Å²) in [5, 5.41) is 2.49. The predicted octanol–water partition coefficient (Wildman–Crippen LogP) is 4.89. The number of nitrogens with two attached hydrogens (primary N) is 1. The second-order valence-electron chi connectivity index (χ2n) is 11.3. The van der Waals surface area contributed by atoms with Crippen LogP contribution in [0.3, 0.4) is 0 Å². The topological polar surface area (TPSA) is 148 Å². The van der Waals surface area contributed by atoms with Crippen molar-refractivity contribution in [2.24, 2.45) is 0 Å². The first-order valence-electron chi connectivity index (χ1n) is 15.2. The molecule has 1 saturated heterocycles. The van der Waals surface area contributed by atoms with Gasteiger partial charge in [0.1, 0.15) is 5.00 Å². The molecule has 6 rings (SSSR count). The molecule has 11 nitrogen and oxygen atoms in total. The number of hydrogen-bond donors (Lipinski definition) is 2. The summed E-state index contributed by atoms with van der Waals surface area (Å²) in [5.41, 5.74) is 9.23. The third-order valence-corrected chi connectivity index (χ3v) is 10.3. The van der Waals surface area contributed by atoms with Gasteiger partial charge in [0.2, 0.25) is 11.8 Å². The second-order valence-corrected chi connectivity index (χ2v) is 13.6. The molecule has 0 saturated carbocycles. The minimum absolute atomic E-state index is 0.0358. The smallest absolute Gasteiger partial charge is 0.341 e. The number of methoxy groups -OCH3 is 1. The summed E-state index contributed by atoms with van der Waals surface area (Å²) in [6.45, 7) is 1.54. The zero-order valence-corrected chi connectivity index (χ0v) is 27.6. The number of nitrogens with one attached hydrogen (secondary N) is 1. The number of carbonyl (C=O) groups is 5. The fourth-order valence-corrected chi connectivity index (χ4v) is 8.10. The molecule has 0 radical (unpaired) electrons. The van der Waals surface area contributed by atoms with Crippen LogP contribution in [0.15, 0.2) is 83.8 Å². The SMILES string of the molecule is COC(=O)c1c(NC(=O)COC(=O)c2ccc(N3C(=O)CC(Sc4cccc(N)c4)C3=O)cc2)sc2c1CCN(Cc1ccccc1)C2. The molecule has 1 atom stereocenters. The molecular weight excluding hydrogens is 653 g/mol. The molecule has 1 unspecified atom stereocenters. The number of anilines is 3. The van der Waals surface area contributed by atoms with Crippen LogP contribution in [0.5, 0.6) is 0 Å². The quantitative estimate of drug-likeness (QED) is 0.134. The number of nitrogen functional groups attached to an aromatic ring is 1. The van der Waals surface area contributed by atoms with E-state index in [1.54, 1.807) is 18.2 Å². The first-order valence-corrected chi connectivity index (χ1v) is 16.8. The lowest BCUT2D eigenvalue weighted by molar-refractivity contribution is -0.121. The number of nitrogens with zero attached hydrogens (tertiary/aromatic N) is 2. The lowest BCUT2D eigenvalue weighted by Gasteiger charge is -2.27. The van der Waals surface area contributed by atoms with Crippen LogP contribution in [-0.4, -0.2) is 60.1 Å². The van der Waals surface area contributed by atoms with E-state index in [1.165, 1.54) is 60.0 Å². The third-order valence-electron chi connectivity index (χ3n) is 7.96. The largest absolute Gasteiger partial charge is 0.465 e. The van der Waals surface area contributed by atoms with Gasteiger partial charge in [-0.3, -0.25) is 19.3 Å².